The zero-order chi connectivity index (χ0) is 13.7. The fraction of sp³-hybridized carbons (Fsp3) is 0.462. The first-order chi connectivity index (χ1) is 8.49. The number of carboxylic acid groups (broad SMARTS) is 1. The number of aryl methyl sites for hydroxylation is 1. The van der Waals surface area contributed by atoms with Crippen molar-refractivity contribution in [2.45, 2.75) is 24.9 Å². The van der Waals surface area contributed by atoms with Gasteiger partial charge in [0.1, 0.15) is 0 Å². The monoisotopic (exact) mass is 270 g/mol. The van der Waals surface area contributed by atoms with Crippen LogP contribution in [0.5, 0.6) is 11.5 Å². The Morgan fingerprint density at radius 1 is 1.33 bits per heavy atom. The molecule has 0 bridgehead atoms. The fourth-order valence-electron chi connectivity index (χ4n) is 1.46. The van der Waals surface area contributed by atoms with Crippen LogP contribution >= 0.6 is 11.8 Å². The SMILES string of the molecule is COc1cc(C)c(CS[C@@H](C)C(=O)O)cc1OC. The van der Waals surface area contributed by atoms with Gasteiger partial charge in [-0.3, -0.25) is 4.79 Å². The Morgan fingerprint density at radius 3 is 2.39 bits per heavy atom. The molecule has 0 unspecified atom stereocenters. The number of methoxy groups -OCH3 is 2. The van der Waals surface area contributed by atoms with Gasteiger partial charge in [0.05, 0.1) is 19.5 Å². The normalized spacial score (nSPS) is 12.0. The number of carboxylic acids is 1. The molecule has 0 fully saturated rings. The number of rotatable bonds is 6. The molecule has 0 amide bonds. The summed E-state index contributed by atoms with van der Waals surface area (Å²) in [6.07, 6.45) is 0. The average molecular weight is 270 g/mol. The van der Waals surface area contributed by atoms with Gasteiger partial charge in [-0.2, -0.15) is 0 Å². The van der Waals surface area contributed by atoms with E-state index in [1.54, 1.807) is 21.1 Å². The maximum atomic E-state index is 10.8. The zero-order valence-corrected chi connectivity index (χ0v) is 11.8. The molecule has 5 heteroatoms. The predicted octanol–water partition coefficient (Wildman–Crippen LogP) is 2.72. The van der Waals surface area contributed by atoms with Gasteiger partial charge in [0.15, 0.2) is 11.5 Å². The molecule has 4 nitrogen and oxygen atoms in total. The summed E-state index contributed by atoms with van der Waals surface area (Å²) in [5.74, 6) is 1.20. The molecule has 1 aromatic carbocycles. The van der Waals surface area contributed by atoms with Gasteiger partial charge in [-0.25, -0.2) is 0 Å². The highest BCUT2D eigenvalue weighted by Gasteiger charge is 2.13. The van der Waals surface area contributed by atoms with Crippen molar-refractivity contribution in [3.05, 3.63) is 23.3 Å². The summed E-state index contributed by atoms with van der Waals surface area (Å²) in [5, 5.41) is 8.43. The Labute approximate surface area is 111 Å². The summed E-state index contributed by atoms with van der Waals surface area (Å²) >= 11 is 1.39. The molecule has 0 aliphatic rings. The quantitative estimate of drug-likeness (QED) is 0.861. The number of ether oxygens (including phenoxy) is 2. The Morgan fingerprint density at radius 2 is 1.89 bits per heavy atom. The smallest absolute Gasteiger partial charge is 0.316 e. The van der Waals surface area contributed by atoms with Gasteiger partial charge >= 0.3 is 5.97 Å². The van der Waals surface area contributed by atoms with Crippen molar-refractivity contribution < 1.29 is 19.4 Å². The van der Waals surface area contributed by atoms with E-state index in [-0.39, 0.29) is 0 Å². The van der Waals surface area contributed by atoms with E-state index >= 15 is 0 Å². The van der Waals surface area contributed by atoms with Crippen LogP contribution in [0.1, 0.15) is 18.1 Å². The predicted molar refractivity (Wildman–Crippen MR) is 72.7 cm³/mol. The minimum Gasteiger partial charge on any atom is -0.493 e. The van der Waals surface area contributed by atoms with Crippen LogP contribution in [0.3, 0.4) is 0 Å². The number of hydrogen-bond donors (Lipinski definition) is 1. The number of carbonyl (C=O) groups is 1. The molecule has 0 saturated carbocycles. The lowest BCUT2D eigenvalue weighted by atomic mass is 10.1. The molecular formula is C13H18O4S. The summed E-state index contributed by atoms with van der Waals surface area (Å²) in [6, 6.07) is 3.80. The van der Waals surface area contributed by atoms with Gasteiger partial charge in [-0.05, 0) is 37.1 Å². The minimum atomic E-state index is -0.793. The van der Waals surface area contributed by atoms with E-state index in [2.05, 4.69) is 0 Å². The van der Waals surface area contributed by atoms with E-state index in [1.807, 2.05) is 19.1 Å². The summed E-state index contributed by atoms with van der Waals surface area (Å²) in [6.45, 7) is 3.66. The van der Waals surface area contributed by atoms with E-state index in [1.165, 1.54) is 11.8 Å². The molecule has 0 aliphatic heterocycles. The maximum absolute atomic E-state index is 10.8. The van der Waals surface area contributed by atoms with E-state index in [0.29, 0.717) is 17.3 Å². The average Bonchev–Trinajstić information content (AvgIpc) is 2.36. The van der Waals surface area contributed by atoms with Gasteiger partial charge in [0, 0.05) is 5.75 Å². The second-order valence-corrected chi connectivity index (χ2v) is 5.25. The third-order valence-corrected chi connectivity index (χ3v) is 3.86. The van der Waals surface area contributed by atoms with Crippen LogP contribution in [0.25, 0.3) is 0 Å². The second-order valence-electron chi connectivity index (χ2n) is 3.93. The third kappa shape index (κ3) is 3.57. The molecule has 0 saturated heterocycles. The molecule has 1 N–H and O–H groups in total. The topological polar surface area (TPSA) is 55.8 Å². The van der Waals surface area contributed by atoms with Crippen molar-refractivity contribution in [1.82, 2.24) is 0 Å². The van der Waals surface area contributed by atoms with Crippen molar-refractivity contribution in [1.29, 1.82) is 0 Å². The summed E-state index contributed by atoms with van der Waals surface area (Å²) in [7, 11) is 3.18. The van der Waals surface area contributed by atoms with Crippen molar-refractivity contribution in [2.24, 2.45) is 0 Å². The number of aliphatic carboxylic acids is 1. The van der Waals surface area contributed by atoms with E-state index in [0.717, 1.165) is 11.1 Å². The highest BCUT2D eigenvalue weighted by Crippen LogP contribution is 2.32. The fourth-order valence-corrected chi connectivity index (χ4v) is 2.35. The third-order valence-electron chi connectivity index (χ3n) is 2.68. The van der Waals surface area contributed by atoms with Crippen LogP contribution in [0.15, 0.2) is 12.1 Å². The van der Waals surface area contributed by atoms with Gasteiger partial charge in [0.2, 0.25) is 0 Å². The summed E-state index contributed by atoms with van der Waals surface area (Å²) in [4.78, 5) is 10.8. The van der Waals surface area contributed by atoms with E-state index < -0.39 is 11.2 Å². The minimum absolute atomic E-state index is 0.419. The van der Waals surface area contributed by atoms with Crippen LogP contribution in [-0.2, 0) is 10.5 Å². The lowest BCUT2D eigenvalue weighted by molar-refractivity contribution is -0.136. The first-order valence-electron chi connectivity index (χ1n) is 5.55. The second kappa shape index (κ2) is 6.54. The van der Waals surface area contributed by atoms with Crippen LogP contribution in [0, 0.1) is 6.92 Å². The van der Waals surface area contributed by atoms with Crippen molar-refractivity contribution in [2.75, 3.05) is 14.2 Å². The lowest BCUT2D eigenvalue weighted by Gasteiger charge is -2.13. The van der Waals surface area contributed by atoms with Crippen LogP contribution in [0.4, 0.5) is 0 Å². The Kier molecular flexibility index (Phi) is 5.34. The molecule has 1 aromatic rings. The van der Waals surface area contributed by atoms with Crippen LogP contribution in [-0.4, -0.2) is 30.5 Å². The highest BCUT2D eigenvalue weighted by molar-refractivity contribution is 7.99. The standard InChI is InChI=1S/C13H18O4S/c1-8-5-11(16-3)12(17-4)6-10(8)7-18-9(2)13(14)15/h5-6,9H,7H2,1-4H3,(H,14,15)/t9-/m0/s1. The zero-order valence-electron chi connectivity index (χ0n) is 11.0. The summed E-state index contributed by atoms with van der Waals surface area (Å²) < 4.78 is 10.4. The number of hydrogen-bond acceptors (Lipinski definition) is 4. The first kappa shape index (κ1) is 14.7. The first-order valence-corrected chi connectivity index (χ1v) is 6.60. The molecule has 0 radical (unpaired) electrons. The molecule has 1 rings (SSSR count). The lowest BCUT2D eigenvalue weighted by Crippen LogP contribution is -2.11. The Bertz CT molecular complexity index is 431. The number of thioether (sulfide) groups is 1. The Hall–Kier alpha value is -1.36. The molecule has 100 valence electrons. The molecule has 0 heterocycles. The van der Waals surface area contributed by atoms with Gasteiger partial charge < -0.3 is 14.6 Å². The van der Waals surface area contributed by atoms with Gasteiger partial charge in [0.25, 0.3) is 0 Å². The van der Waals surface area contributed by atoms with E-state index in [9.17, 15) is 4.79 Å². The molecule has 0 aromatic heterocycles. The molecule has 0 spiro atoms. The number of benzene rings is 1. The van der Waals surface area contributed by atoms with Crippen molar-refractivity contribution in [3.63, 3.8) is 0 Å². The molecule has 1 atom stereocenters. The molecular weight excluding hydrogens is 252 g/mol. The Balaban J connectivity index is 2.86. The van der Waals surface area contributed by atoms with Crippen LogP contribution < -0.4 is 9.47 Å². The molecule has 18 heavy (non-hydrogen) atoms. The van der Waals surface area contributed by atoms with Gasteiger partial charge in [-0.1, -0.05) is 0 Å². The van der Waals surface area contributed by atoms with Gasteiger partial charge in [-0.15, -0.1) is 11.8 Å². The van der Waals surface area contributed by atoms with E-state index in [4.69, 9.17) is 14.6 Å². The van der Waals surface area contributed by atoms with Crippen molar-refractivity contribution >= 4 is 17.7 Å². The van der Waals surface area contributed by atoms with Crippen LogP contribution in [0.2, 0.25) is 0 Å². The van der Waals surface area contributed by atoms with Crippen molar-refractivity contribution in [3.8, 4) is 11.5 Å². The summed E-state index contributed by atoms with van der Waals surface area (Å²) in [5.41, 5.74) is 2.13. The maximum Gasteiger partial charge on any atom is 0.316 e. The largest absolute Gasteiger partial charge is 0.493 e. The molecule has 0 aliphatic carbocycles. The highest BCUT2D eigenvalue weighted by atomic mass is 32.2.